The van der Waals surface area contributed by atoms with Crippen LogP contribution < -0.4 is 0 Å². The van der Waals surface area contributed by atoms with E-state index in [1.165, 1.54) is 0 Å². The predicted molar refractivity (Wildman–Crippen MR) is 63.4 cm³/mol. The molecule has 2 aliphatic rings. The van der Waals surface area contributed by atoms with E-state index in [1.807, 2.05) is 0 Å². The Kier molecular flexibility index (Phi) is 3.34. The largest absolute Gasteiger partial charge is 0.355 e. The molecule has 0 aromatic carbocycles. The lowest BCUT2D eigenvalue weighted by molar-refractivity contribution is -0.252. The first-order chi connectivity index (χ1) is 8.09. The Bertz CT molecular complexity index is 307. The second-order valence-electron chi connectivity index (χ2n) is 5.11. The summed E-state index contributed by atoms with van der Waals surface area (Å²) in [6, 6.07) is 0. The predicted octanol–water partition coefficient (Wildman–Crippen LogP) is 1.81. The molecule has 0 aromatic rings. The molecular formula is C13H22O4. The van der Waals surface area contributed by atoms with Gasteiger partial charge in [0.15, 0.2) is 12.1 Å². The quantitative estimate of drug-likeness (QED) is 0.544. The lowest BCUT2D eigenvalue weighted by Crippen LogP contribution is -2.46. The van der Waals surface area contributed by atoms with Crippen LogP contribution in [0.4, 0.5) is 0 Å². The summed E-state index contributed by atoms with van der Waals surface area (Å²) >= 11 is 0. The zero-order chi connectivity index (χ0) is 12.7. The van der Waals surface area contributed by atoms with Crippen molar-refractivity contribution in [2.24, 2.45) is 17.3 Å². The Morgan fingerprint density at radius 3 is 2.06 bits per heavy atom. The van der Waals surface area contributed by atoms with E-state index in [0.717, 1.165) is 6.42 Å². The Morgan fingerprint density at radius 1 is 1.06 bits per heavy atom. The molecular weight excluding hydrogens is 220 g/mol. The number of rotatable bonds is 5. The number of hydrogen-bond acceptors (Lipinski definition) is 4. The van der Waals surface area contributed by atoms with Crippen molar-refractivity contribution in [1.82, 2.24) is 0 Å². The summed E-state index contributed by atoms with van der Waals surface area (Å²) in [7, 11) is 6.76. The van der Waals surface area contributed by atoms with Crippen molar-refractivity contribution < 1.29 is 18.9 Å². The fraction of sp³-hybridized carbons (Fsp3) is 0.846. The molecule has 0 N–H and O–H groups in total. The standard InChI is InChI=1S/C13H22O4/c1-12(11(14-2)15-3)8-9-6-7-10(12)13(9,16-4)17-5/h6-7,9-11H,8H2,1-5H3. The minimum atomic E-state index is -0.552. The van der Waals surface area contributed by atoms with Crippen molar-refractivity contribution in [2.75, 3.05) is 28.4 Å². The summed E-state index contributed by atoms with van der Waals surface area (Å²) < 4.78 is 22.3. The van der Waals surface area contributed by atoms with Gasteiger partial charge in [0.05, 0.1) is 0 Å². The minimum Gasteiger partial charge on any atom is -0.355 e. The van der Waals surface area contributed by atoms with Crippen LogP contribution in [0, 0.1) is 17.3 Å². The molecule has 0 aliphatic heterocycles. The summed E-state index contributed by atoms with van der Waals surface area (Å²) in [5, 5.41) is 0. The van der Waals surface area contributed by atoms with E-state index < -0.39 is 5.79 Å². The van der Waals surface area contributed by atoms with Gasteiger partial charge in [0, 0.05) is 45.7 Å². The van der Waals surface area contributed by atoms with E-state index >= 15 is 0 Å². The van der Waals surface area contributed by atoms with Crippen molar-refractivity contribution >= 4 is 0 Å². The molecule has 0 heterocycles. The molecule has 98 valence electrons. The third-order valence-corrected chi connectivity index (χ3v) is 4.46. The molecule has 3 unspecified atom stereocenters. The Labute approximate surface area is 103 Å². The molecule has 1 saturated carbocycles. The van der Waals surface area contributed by atoms with E-state index in [9.17, 15) is 0 Å². The van der Waals surface area contributed by atoms with Crippen LogP contribution in [0.2, 0.25) is 0 Å². The highest BCUT2D eigenvalue weighted by atomic mass is 16.7. The number of hydrogen-bond donors (Lipinski definition) is 0. The summed E-state index contributed by atoms with van der Waals surface area (Å²) in [6.45, 7) is 2.17. The normalized spacial score (nSPS) is 38.2. The second kappa shape index (κ2) is 4.35. The molecule has 17 heavy (non-hydrogen) atoms. The SMILES string of the molecule is COC(OC)C1(C)CC2C=CC1C2(OC)OC. The van der Waals surface area contributed by atoms with Gasteiger partial charge in [-0.05, 0) is 6.42 Å². The van der Waals surface area contributed by atoms with Gasteiger partial charge in [0.1, 0.15) is 0 Å². The van der Waals surface area contributed by atoms with Gasteiger partial charge >= 0.3 is 0 Å². The third kappa shape index (κ3) is 1.51. The first kappa shape index (κ1) is 13.0. The van der Waals surface area contributed by atoms with E-state index in [1.54, 1.807) is 28.4 Å². The molecule has 0 amide bonds. The van der Waals surface area contributed by atoms with Crippen LogP contribution in [0.25, 0.3) is 0 Å². The van der Waals surface area contributed by atoms with Gasteiger partial charge in [0.2, 0.25) is 0 Å². The van der Waals surface area contributed by atoms with Crippen LogP contribution in [0.15, 0.2) is 12.2 Å². The number of ether oxygens (including phenoxy) is 4. The van der Waals surface area contributed by atoms with Crippen molar-refractivity contribution in [2.45, 2.75) is 25.4 Å². The molecule has 4 heteroatoms. The number of fused-ring (bicyclic) bond motifs is 2. The fourth-order valence-electron chi connectivity index (χ4n) is 3.75. The van der Waals surface area contributed by atoms with Crippen LogP contribution in [0.1, 0.15) is 13.3 Å². The minimum absolute atomic E-state index is 0.116. The molecule has 4 nitrogen and oxygen atoms in total. The fourth-order valence-corrected chi connectivity index (χ4v) is 3.75. The highest BCUT2D eigenvalue weighted by Gasteiger charge is 2.65. The highest BCUT2D eigenvalue weighted by molar-refractivity contribution is 5.24. The van der Waals surface area contributed by atoms with Crippen LogP contribution >= 0.6 is 0 Å². The average molecular weight is 242 g/mol. The monoisotopic (exact) mass is 242 g/mol. The van der Waals surface area contributed by atoms with Crippen molar-refractivity contribution in [3.05, 3.63) is 12.2 Å². The highest BCUT2D eigenvalue weighted by Crippen LogP contribution is 2.61. The first-order valence-electron chi connectivity index (χ1n) is 5.93. The summed E-state index contributed by atoms with van der Waals surface area (Å²) in [4.78, 5) is 0. The van der Waals surface area contributed by atoms with Crippen molar-refractivity contribution in [3.63, 3.8) is 0 Å². The van der Waals surface area contributed by atoms with E-state index in [0.29, 0.717) is 0 Å². The zero-order valence-electron chi connectivity index (χ0n) is 11.2. The van der Waals surface area contributed by atoms with Crippen molar-refractivity contribution in [3.8, 4) is 0 Å². The van der Waals surface area contributed by atoms with Gasteiger partial charge in [-0.15, -0.1) is 0 Å². The van der Waals surface area contributed by atoms with Gasteiger partial charge in [-0.3, -0.25) is 0 Å². The lowest BCUT2D eigenvalue weighted by atomic mass is 9.76. The smallest absolute Gasteiger partial charge is 0.180 e. The maximum atomic E-state index is 5.67. The van der Waals surface area contributed by atoms with E-state index in [4.69, 9.17) is 18.9 Å². The van der Waals surface area contributed by atoms with Gasteiger partial charge in [-0.2, -0.15) is 0 Å². The topological polar surface area (TPSA) is 36.9 Å². The van der Waals surface area contributed by atoms with Gasteiger partial charge in [-0.25, -0.2) is 0 Å². The van der Waals surface area contributed by atoms with Crippen molar-refractivity contribution in [1.29, 1.82) is 0 Å². The second-order valence-corrected chi connectivity index (χ2v) is 5.11. The maximum Gasteiger partial charge on any atom is 0.180 e. The Hall–Kier alpha value is -0.420. The van der Waals surface area contributed by atoms with Crippen LogP contribution in [-0.2, 0) is 18.9 Å². The molecule has 3 atom stereocenters. The van der Waals surface area contributed by atoms with E-state index in [2.05, 4.69) is 19.1 Å². The summed E-state index contributed by atoms with van der Waals surface area (Å²) in [5.74, 6) is -0.135. The number of methoxy groups -OCH3 is 4. The first-order valence-corrected chi connectivity index (χ1v) is 5.93. The van der Waals surface area contributed by atoms with Gasteiger partial charge in [0.25, 0.3) is 0 Å². The molecule has 2 bridgehead atoms. The Morgan fingerprint density at radius 2 is 1.65 bits per heavy atom. The molecule has 0 saturated heterocycles. The maximum absolute atomic E-state index is 5.67. The molecule has 2 rings (SSSR count). The molecule has 0 spiro atoms. The third-order valence-electron chi connectivity index (χ3n) is 4.46. The Balaban J connectivity index is 2.34. The lowest BCUT2D eigenvalue weighted by Gasteiger charge is -2.39. The summed E-state index contributed by atoms with van der Waals surface area (Å²) in [5.41, 5.74) is -0.116. The molecule has 2 aliphatic carbocycles. The molecule has 0 radical (unpaired) electrons. The van der Waals surface area contributed by atoms with Crippen LogP contribution in [0.3, 0.4) is 0 Å². The zero-order valence-corrected chi connectivity index (χ0v) is 11.2. The van der Waals surface area contributed by atoms with Crippen LogP contribution in [0.5, 0.6) is 0 Å². The summed E-state index contributed by atoms with van der Waals surface area (Å²) in [6.07, 6.45) is 5.06. The van der Waals surface area contributed by atoms with E-state index in [-0.39, 0.29) is 23.5 Å². The molecule has 1 fully saturated rings. The van der Waals surface area contributed by atoms with Gasteiger partial charge < -0.3 is 18.9 Å². The average Bonchev–Trinajstić information content (AvgIpc) is 2.80. The van der Waals surface area contributed by atoms with Crippen LogP contribution in [-0.4, -0.2) is 40.5 Å². The molecule has 0 aromatic heterocycles. The van der Waals surface area contributed by atoms with Gasteiger partial charge in [-0.1, -0.05) is 19.1 Å².